The number of nitrogens with zero attached hydrogens (tertiary/aromatic N) is 1. The molecule has 0 fully saturated rings. The highest BCUT2D eigenvalue weighted by Crippen LogP contribution is 2.26. The minimum absolute atomic E-state index is 0.186. The number of fused-ring (bicyclic) bond motifs is 1. The smallest absolute Gasteiger partial charge is 0.242 e. The third-order valence-electron chi connectivity index (χ3n) is 2.73. The Bertz CT molecular complexity index is 445. The van der Waals surface area contributed by atoms with Crippen LogP contribution in [0, 0.1) is 17.2 Å². The topological polar surface area (TPSA) is 52.9 Å². The number of carbonyl (C=O) groups is 1. The van der Waals surface area contributed by atoms with Gasteiger partial charge in [-0.1, -0.05) is 19.1 Å². The van der Waals surface area contributed by atoms with Gasteiger partial charge in [0.15, 0.2) is 0 Å². The first kappa shape index (κ1) is 9.72. The number of hydrogen-bond donors (Lipinski definition) is 1. The van der Waals surface area contributed by atoms with E-state index in [4.69, 9.17) is 5.26 Å². The Hall–Kier alpha value is -1.82. The van der Waals surface area contributed by atoms with Crippen LogP contribution >= 0.6 is 0 Å². The van der Waals surface area contributed by atoms with E-state index < -0.39 is 5.92 Å². The first-order valence-corrected chi connectivity index (χ1v) is 5.07. The number of anilines is 1. The van der Waals surface area contributed by atoms with E-state index in [0.717, 1.165) is 17.7 Å². The van der Waals surface area contributed by atoms with Gasteiger partial charge in [-0.15, -0.1) is 0 Å². The SMILES string of the molecule is CCc1ccc2c(c1)CC(C#N)C(=O)N2. The van der Waals surface area contributed by atoms with Crippen LogP contribution in [0.2, 0.25) is 0 Å². The number of nitriles is 1. The average molecular weight is 200 g/mol. The predicted molar refractivity (Wildman–Crippen MR) is 57.3 cm³/mol. The van der Waals surface area contributed by atoms with Crippen molar-refractivity contribution in [2.45, 2.75) is 19.8 Å². The molecular formula is C12H12N2O. The van der Waals surface area contributed by atoms with Gasteiger partial charge in [0.25, 0.3) is 0 Å². The van der Waals surface area contributed by atoms with E-state index in [2.05, 4.69) is 18.3 Å². The van der Waals surface area contributed by atoms with Gasteiger partial charge in [-0.25, -0.2) is 0 Å². The summed E-state index contributed by atoms with van der Waals surface area (Å²) >= 11 is 0. The Morgan fingerprint density at radius 2 is 2.40 bits per heavy atom. The molecule has 1 aliphatic rings. The summed E-state index contributed by atoms with van der Waals surface area (Å²) in [5.74, 6) is -0.723. The van der Waals surface area contributed by atoms with Crippen LogP contribution in [0.1, 0.15) is 18.1 Å². The Balaban J connectivity index is 2.38. The van der Waals surface area contributed by atoms with Gasteiger partial charge in [-0.05, 0) is 30.0 Å². The van der Waals surface area contributed by atoms with Gasteiger partial charge >= 0.3 is 0 Å². The van der Waals surface area contributed by atoms with Gasteiger partial charge in [0.2, 0.25) is 5.91 Å². The molecule has 1 heterocycles. The van der Waals surface area contributed by atoms with E-state index in [-0.39, 0.29) is 5.91 Å². The normalized spacial score (nSPS) is 18.9. The number of carbonyl (C=O) groups excluding carboxylic acids is 1. The van der Waals surface area contributed by atoms with Crippen molar-refractivity contribution in [1.29, 1.82) is 5.26 Å². The van der Waals surface area contributed by atoms with Crippen LogP contribution in [-0.4, -0.2) is 5.91 Å². The summed E-state index contributed by atoms with van der Waals surface area (Å²) in [6.45, 7) is 2.09. The predicted octanol–water partition coefficient (Wildman–Crippen LogP) is 1.88. The van der Waals surface area contributed by atoms with Crippen molar-refractivity contribution >= 4 is 11.6 Å². The lowest BCUT2D eigenvalue weighted by molar-refractivity contribution is -0.118. The van der Waals surface area contributed by atoms with Gasteiger partial charge in [-0.2, -0.15) is 5.26 Å². The minimum Gasteiger partial charge on any atom is -0.325 e. The molecule has 0 bridgehead atoms. The maximum absolute atomic E-state index is 11.4. The average Bonchev–Trinajstić information content (AvgIpc) is 2.27. The first-order chi connectivity index (χ1) is 7.24. The van der Waals surface area contributed by atoms with Crippen molar-refractivity contribution in [2.24, 2.45) is 5.92 Å². The van der Waals surface area contributed by atoms with E-state index in [1.807, 2.05) is 18.2 Å². The van der Waals surface area contributed by atoms with E-state index in [9.17, 15) is 4.79 Å². The fraction of sp³-hybridized carbons (Fsp3) is 0.333. The van der Waals surface area contributed by atoms with Crippen LogP contribution in [0.15, 0.2) is 18.2 Å². The monoisotopic (exact) mass is 200 g/mol. The molecule has 1 aromatic rings. The molecule has 0 aliphatic carbocycles. The Labute approximate surface area is 88.7 Å². The molecule has 3 nitrogen and oxygen atoms in total. The quantitative estimate of drug-likeness (QED) is 0.752. The third kappa shape index (κ3) is 1.71. The second-order valence-corrected chi connectivity index (χ2v) is 3.72. The van der Waals surface area contributed by atoms with Gasteiger partial charge in [0.1, 0.15) is 5.92 Å². The Morgan fingerprint density at radius 3 is 3.07 bits per heavy atom. The summed E-state index contributed by atoms with van der Waals surface area (Å²) < 4.78 is 0. The number of aryl methyl sites for hydroxylation is 1. The molecule has 0 saturated heterocycles. The maximum atomic E-state index is 11.4. The van der Waals surface area contributed by atoms with Crippen molar-refractivity contribution in [1.82, 2.24) is 0 Å². The van der Waals surface area contributed by atoms with E-state index in [1.165, 1.54) is 5.56 Å². The molecular weight excluding hydrogens is 188 g/mol. The summed E-state index contributed by atoms with van der Waals surface area (Å²) in [6, 6.07) is 8.01. The van der Waals surface area contributed by atoms with Gasteiger partial charge in [-0.3, -0.25) is 4.79 Å². The molecule has 1 aliphatic heterocycles. The molecule has 0 radical (unpaired) electrons. The molecule has 0 spiro atoms. The van der Waals surface area contributed by atoms with Crippen molar-refractivity contribution in [3.8, 4) is 6.07 Å². The standard InChI is InChI=1S/C12H12N2O/c1-2-8-3-4-11-9(5-8)6-10(7-13)12(15)14-11/h3-5,10H,2,6H2,1H3,(H,14,15). The molecule has 1 aromatic carbocycles. The molecule has 0 saturated carbocycles. The van der Waals surface area contributed by atoms with E-state index >= 15 is 0 Å². The van der Waals surface area contributed by atoms with Crippen LogP contribution in [0.25, 0.3) is 0 Å². The van der Waals surface area contributed by atoms with Crippen LogP contribution in [0.4, 0.5) is 5.69 Å². The summed E-state index contributed by atoms with van der Waals surface area (Å²) in [7, 11) is 0. The highest BCUT2D eigenvalue weighted by atomic mass is 16.1. The second-order valence-electron chi connectivity index (χ2n) is 3.72. The zero-order valence-electron chi connectivity index (χ0n) is 8.58. The molecule has 76 valence electrons. The number of amides is 1. The van der Waals surface area contributed by atoms with Crippen LogP contribution in [0.5, 0.6) is 0 Å². The number of rotatable bonds is 1. The summed E-state index contributed by atoms with van der Waals surface area (Å²) in [6.07, 6.45) is 1.50. The summed E-state index contributed by atoms with van der Waals surface area (Å²) in [4.78, 5) is 11.4. The summed E-state index contributed by atoms with van der Waals surface area (Å²) in [5.41, 5.74) is 3.16. The van der Waals surface area contributed by atoms with Crippen LogP contribution < -0.4 is 5.32 Å². The van der Waals surface area contributed by atoms with Gasteiger partial charge in [0.05, 0.1) is 6.07 Å². The van der Waals surface area contributed by atoms with Crippen molar-refractivity contribution in [3.63, 3.8) is 0 Å². The van der Waals surface area contributed by atoms with Crippen molar-refractivity contribution < 1.29 is 4.79 Å². The molecule has 3 heteroatoms. The highest BCUT2D eigenvalue weighted by molar-refractivity contribution is 5.97. The molecule has 1 amide bonds. The summed E-state index contributed by atoms with van der Waals surface area (Å²) in [5, 5.41) is 11.6. The molecule has 2 rings (SSSR count). The van der Waals surface area contributed by atoms with E-state index in [1.54, 1.807) is 0 Å². The zero-order valence-corrected chi connectivity index (χ0v) is 8.58. The second kappa shape index (κ2) is 3.74. The van der Waals surface area contributed by atoms with E-state index in [0.29, 0.717) is 6.42 Å². The lowest BCUT2D eigenvalue weighted by Gasteiger charge is -2.20. The largest absolute Gasteiger partial charge is 0.325 e. The van der Waals surface area contributed by atoms with Crippen LogP contribution in [0.3, 0.4) is 0 Å². The highest BCUT2D eigenvalue weighted by Gasteiger charge is 2.25. The number of hydrogen-bond acceptors (Lipinski definition) is 2. The minimum atomic E-state index is -0.537. The number of nitrogens with one attached hydrogen (secondary N) is 1. The fourth-order valence-electron chi connectivity index (χ4n) is 1.79. The molecule has 1 unspecified atom stereocenters. The molecule has 0 aromatic heterocycles. The van der Waals surface area contributed by atoms with Gasteiger partial charge < -0.3 is 5.32 Å². The molecule has 15 heavy (non-hydrogen) atoms. The first-order valence-electron chi connectivity index (χ1n) is 5.07. The van der Waals surface area contributed by atoms with Gasteiger partial charge in [0, 0.05) is 5.69 Å². The lowest BCUT2D eigenvalue weighted by Crippen LogP contribution is -2.28. The van der Waals surface area contributed by atoms with Crippen LogP contribution in [-0.2, 0) is 17.6 Å². The fourth-order valence-corrected chi connectivity index (χ4v) is 1.79. The lowest BCUT2D eigenvalue weighted by atomic mass is 9.92. The zero-order chi connectivity index (χ0) is 10.8. The molecule has 1 atom stereocenters. The molecule has 1 N–H and O–H groups in total. The Kier molecular flexibility index (Phi) is 2.42. The maximum Gasteiger partial charge on any atom is 0.242 e. The van der Waals surface area contributed by atoms with Crippen molar-refractivity contribution in [2.75, 3.05) is 5.32 Å². The van der Waals surface area contributed by atoms with Crippen molar-refractivity contribution in [3.05, 3.63) is 29.3 Å². The number of benzene rings is 1. The Morgan fingerprint density at radius 1 is 1.60 bits per heavy atom. The third-order valence-corrected chi connectivity index (χ3v) is 2.73.